The molecule has 25 heavy (non-hydrogen) atoms. The molecule has 2 heterocycles. The van der Waals surface area contributed by atoms with Crippen LogP contribution in [0, 0.1) is 13.8 Å². The van der Waals surface area contributed by atoms with Crippen LogP contribution in [0.3, 0.4) is 0 Å². The van der Waals surface area contributed by atoms with E-state index < -0.39 is 0 Å². The Morgan fingerprint density at radius 1 is 1.08 bits per heavy atom. The van der Waals surface area contributed by atoms with Crippen molar-refractivity contribution < 1.29 is 0 Å². The number of aromatic nitrogens is 2. The Bertz CT molecular complexity index is 1200. The van der Waals surface area contributed by atoms with Crippen LogP contribution in [0.15, 0.2) is 41.2 Å². The molecule has 0 saturated carbocycles. The Morgan fingerprint density at radius 3 is 2.44 bits per heavy atom. The van der Waals surface area contributed by atoms with Crippen molar-refractivity contribution in [2.24, 2.45) is 0 Å². The highest BCUT2D eigenvalue weighted by molar-refractivity contribution is 7.15. The molecule has 0 atom stereocenters. The highest BCUT2D eigenvalue weighted by atomic mass is 32.1. The number of fused-ring (bicyclic) bond motifs is 3. The summed E-state index contributed by atoms with van der Waals surface area (Å²) in [5.74, 6) is 0. The van der Waals surface area contributed by atoms with Crippen LogP contribution in [0.4, 0.5) is 5.69 Å². The largest absolute Gasteiger partial charge is 0.378 e. The molecule has 0 unspecified atom stereocenters. The summed E-state index contributed by atoms with van der Waals surface area (Å²) in [7, 11) is 4.02. The van der Waals surface area contributed by atoms with E-state index in [9.17, 15) is 4.79 Å². The average molecular weight is 349 g/mol. The summed E-state index contributed by atoms with van der Waals surface area (Å²) in [4.78, 5) is 20.3. The molecule has 4 nitrogen and oxygen atoms in total. The van der Waals surface area contributed by atoms with Crippen LogP contribution in [-0.2, 0) is 0 Å². The highest BCUT2D eigenvalue weighted by Gasteiger charge is 2.12. The number of anilines is 1. The molecule has 0 spiro atoms. The third-order valence-electron chi connectivity index (χ3n) is 4.56. The molecule has 0 saturated heterocycles. The van der Waals surface area contributed by atoms with Crippen molar-refractivity contribution in [3.63, 3.8) is 0 Å². The lowest BCUT2D eigenvalue weighted by Gasteiger charge is -2.11. The van der Waals surface area contributed by atoms with E-state index in [2.05, 4.69) is 41.9 Å². The van der Waals surface area contributed by atoms with Crippen LogP contribution in [-0.4, -0.2) is 23.5 Å². The molecule has 2 aromatic heterocycles. The van der Waals surface area contributed by atoms with Crippen LogP contribution in [0.2, 0.25) is 0 Å². The lowest BCUT2D eigenvalue weighted by molar-refractivity contribution is 1.13. The summed E-state index contributed by atoms with van der Waals surface area (Å²) in [5, 5.41) is 0. The zero-order chi connectivity index (χ0) is 17.7. The van der Waals surface area contributed by atoms with Crippen LogP contribution in [0.1, 0.15) is 16.7 Å². The quantitative estimate of drug-likeness (QED) is 0.558. The first kappa shape index (κ1) is 15.8. The molecular weight excluding hydrogens is 330 g/mol. The van der Waals surface area contributed by atoms with E-state index in [1.165, 1.54) is 22.5 Å². The lowest BCUT2D eigenvalue weighted by atomic mass is 10.1. The van der Waals surface area contributed by atoms with Crippen LogP contribution in [0.5, 0.6) is 0 Å². The van der Waals surface area contributed by atoms with Gasteiger partial charge in [0.15, 0.2) is 4.96 Å². The van der Waals surface area contributed by atoms with Crippen LogP contribution >= 0.6 is 11.3 Å². The molecule has 0 radical (unpaired) electrons. The van der Waals surface area contributed by atoms with E-state index in [1.54, 1.807) is 4.40 Å². The minimum atomic E-state index is 0.00226. The van der Waals surface area contributed by atoms with Gasteiger partial charge in [-0.1, -0.05) is 23.5 Å². The smallest absolute Gasteiger partial charge is 0.274 e. The van der Waals surface area contributed by atoms with Crippen molar-refractivity contribution in [1.82, 2.24) is 9.38 Å². The maximum atomic E-state index is 12.9. The Hall–Kier alpha value is -2.66. The number of imidazole rings is 1. The van der Waals surface area contributed by atoms with Gasteiger partial charge in [-0.3, -0.25) is 4.79 Å². The fraction of sp³-hybridized carbons (Fsp3) is 0.200. The monoisotopic (exact) mass is 349 g/mol. The molecule has 4 aromatic rings. The molecule has 0 bridgehead atoms. The zero-order valence-electron chi connectivity index (χ0n) is 14.7. The molecule has 0 aliphatic rings. The van der Waals surface area contributed by atoms with Crippen LogP contribution in [0.25, 0.3) is 22.1 Å². The fourth-order valence-electron chi connectivity index (χ4n) is 2.94. The SMILES string of the molecule is Cc1cc2nc3s/c(=C\c4ccc(N(C)C)cc4)c(=O)n3c2cc1C. The number of hydrogen-bond donors (Lipinski definition) is 0. The van der Waals surface area contributed by atoms with Gasteiger partial charge in [0.05, 0.1) is 15.6 Å². The topological polar surface area (TPSA) is 37.6 Å². The first-order valence-electron chi connectivity index (χ1n) is 8.15. The predicted molar refractivity (Wildman–Crippen MR) is 106 cm³/mol. The van der Waals surface area contributed by atoms with E-state index in [-0.39, 0.29) is 5.56 Å². The van der Waals surface area contributed by atoms with E-state index in [4.69, 9.17) is 0 Å². The summed E-state index contributed by atoms with van der Waals surface area (Å²) < 4.78 is 2.44. The minimum absolute atomic E-state index is 0.00226. The highest BCUT2D eigenvalue weighted by Crippen LogP contribution is 2.20. The molecule has 0 fully saturated rings. The first-order chi connectivity index (χ1) is 11.9. The van der Waals surface area contributed by atoms with Gasteiger partial charge in [-0.15, -0.1) is 0 Å². The molecular formula is C20H19N3OS. The lowest BCUT2D eigenvalue weighted by Crippen LogP contribution is -2.22. The second-order valence-corrected chi connectivity index (χ2v) is 7.57. The second kappa shape index (κ2) is 5.70. The van der Waals surface area contributed by atoms with E-state index in [0.717, 1.165) is 27.2 Å². The summed E-state index contributed by atoms with van der Waals surface area (Å²) in [6.07, 6.45) is 1.94. The zero-order valence-corrected chi connectivity index (χ0v) is 15.5. The van der Waals surface area contributed by atoms with E-state index in [0.29, 0.717) is 4.53 Å². The van der Waals surface area contributed by atoms with Gasteiger partial charge in [-0.25, -0.2) is 9.38 Å². The van der Waals surface area contributed by atoms with Crippen molar-refractivity contribution >= 4 is 39.1 Å². The molecule has 0 aliphatic heterocycles. The summed E-state index contributed by atoms with van der Waals surface area (Å²) in [5.41, 5.74) is 6.29. The number of benzene rings is 2. The van der Waals surface area contributed by atoms with Crippen molar-refractivity contribution in [3.05, 3.63) is 68.0 Å². The minimum Gasteiger partial charge on any atom is -0.378 e. The number of hydrogen-bond acceptors (Lipinski definition) is 4. The van der Waals surface area contributed by atoms with Gasteiger partial charge in [0.1, 0.15) is 0 Å². The summed E-state index contributed by atoms with van der Waals surface area (Å²) in [6, 6.07) is 12.3. The third-order valence-corrected chi connectivity index (χ3v) is 5.53. The first-order valence-corrected chi connectivity index (χ1v) is 8.97. The number of rotatable bonds is 2. The third kappa shape index (κ3) is 2.61. The Morgan fingerprint density at radius 2 is 1.76 bits per heavy atom. The van der Waals surface area contributed by atoms with E-state index >= 15 is 0 Å². The Balaban J connectivity index is 1.89. The second-order valence-electron chi connectivity index (χ2n) is 6.56. The molecule has 126 valence electrons. The maximum Gasteiger partial charge on any atom is 0.274 e. The van der Waals surface area contributed by atoms with Gasteiger partial charge in [-0.05, 0) is 60.9 Å². The van der Waals surface area contributed by atoms with Gasteiger partial charge in [0.25, 0.3) is 5.56 Å². The average Bonchev–Trinajstić information content (AvgIpc) is 3.05. The van der Waals surface area contributed by atoms with Gasteiger partial charge >= 0.3 is 0 Å². The van der Waals surface area contributed by atoms with Gasteiger partial charge in [-0.2, -0.15) is 0 Å². The molecule has 0 aliphatic carbocycles. The summed E-state index contributed by atoms with van der Waals surface area (Å²) in [6.45, 7) is 4.13. The summed E-state index contributed by atoms with van der Waals surface area (Å²) >= 11 is 1.44. The van der Waals surface area contributed by atoms with Gasteiger partial charge in [0, 0.05) is 19.8 Å². The fourth-order valence-corrected chi connectivity index (χ4v) is 3.93. The predicted octanol–water partition coefficient (Wildman–Crippen LogP) is 3.14. The molecule has 0 N–H and O–H groups in total. The normalized spacial score (nSPS) is 12.4. The van der Waals surface area contributed by atoms with Gasteiger partial charge in [0.2, 0.25) is 0 Å². The van der Waals surface area contributed by atoms with Crippen molar-refractivity contribution in [2.75, 3.05) is 19.0 Å². The molecule has 0 amide bonds. The molecule has 5 heteroatoms. The van der Waals surface area contributed by atoms with Crippen molar-refractivity contribution in [3.8, 4) is 0 Å². The number of nitrogens with zero attached hydrogens (tertiary/aromatic N) is 3. The molecule has 2 aromatic carbocycles. The number of aryl methyl sites for hydroxylation is 2. The molecule has 4 rings (SSSR count). The van der Waals surface area contributed by atoms with Crippen LogP contribution < -0.4 is 15.0 Å². The van der Waals surface area contributed by atoms with Crippen molar-refractivity contribution in [2.45, 2.75) is 13.8 Å². The standard InChI is InChI=1S/C20H19N3OS/c1-12-9-16-17(10-13(12)2)23-19(24)18(25-20(23)21-16)11-14-5-7-15(8-6-14)22(3)4/h5-11H,1-4H3/b18-11-. The van der Waals surface area contributed by atoms with Crippen molar-refractivity contribution in [1.29, 1.82) is 0 Å². The Kier molecular flexibility index (Phi) is 3.62. The number of thiazole rings is 1. The van der Waals surface area contributed by atoms with Gasteiger partial charge < -0.3 is 4.90 Å². The Labute approximate surface area is 149 Å². The van der Waals surface area contributed by atoms with E-state index in [1.807, 2.05) is 38.4 Å². The maximum absolute atomic E-state index is 12.9.